The molecular formula is C18H21NO4S. The molecule has 0 aliphatic heterocycles. The van der Waals surface area contributed by atoms with Crippen LogP contribution in [-0.4, -0.2) is 33.0 Å². The number of rotatable bonds is 7. The van der Waals surface area contributed by atoms with Crippen molar-refractivity contribution in [2.24, 2.45) is 0 Å². The summed E-state index contributed by atoms with van der Waals surface area (Å²) in [6.45, 7) is 1.97. The number of carbonyl (C=O) groups excluding carboxylic acids is 1. The molecule has 0 aliphatic carbocycles. The predicted molar refractivity (Wildman–Crippen MR) is 96.6 cm³/mol. The number of benzene rings is 2. The van der Waals surface area contributed by atoms with Gasteiger partial charge in [-0.2, -0.15) is 0 Å². The van der Waals surface area contributed by atoms with Crippen molar-refractivity contribution in [3.05, 3.63) is 42.0 Å². The molecular weight excluding hydrogens is 326 g/mol. The first kappa shape index (κ1) is 18.0. The summed E-state index contributed by atoms with van der Waals surface area (Å²) < 4.78 is 15.7. The maximum atomic E-state index is 12.2. The van der Waals surface area contributed by atoms with E-state index in [-0.39, 0.29) is 11.7 Å². The van der Waals surface area contributed by atoms with Crippen molar-refractivity contribution in [2.75, 3.05) is 32.4 Å². The van der Waals surface area contributed by atoms with Gasteiger partial charge in [-0.3, -0.25) is 4.79 Å². The fraction of sp³-hybridized carbons (Fsp3) is 0.278. The average molecular weight is 347 g/mol. The molecule has 0 heterocycles. The van der Waals surface area contributed by atoms with Crippen molar-refractivity contribution < 1.29 is 19.0 Å². The zero-order valence-electron chi connectivity index (χ0n) is 14.2. The Labute approximate surface area is 146 Å². The van der Waals surface area contributed by atoms with Crippen LogP contribution in [0.25, 0.3) is 0 Å². The van der Waals surface area contributed by atoms with Crippen LogP contribution in [0.15, 0.2) is 41.3 Å². The lowest BCUT2D eigenvalue weighted by Gasteiger charge is -2.11. The number of ether oxygens (including phenoxy) is 3. The Morgan fingerprint density at radius 3 is 2.29 bits per heavy atom. The summed E-state index contributed by atoms with van der Waals surface area (Å²) in [5.41, 5.74) is 1.73. The van der Waals surface area contributed by atoms with Crippen molar-refractivity contribution in [1.82, 2.24) is 0 Å². The number of anilines is 1. The number of carbonyl (C=O) groups is 1. The summed E-state index contributed by atoms with van der Waals surface area (Å²) in [4.78, 5) is 13.1. The summed E-state index contributed by atoms with van der Waals surface area (Å²) in [7, 11) is 4.76. The zero-order valence-corrected chi connectivity index (χ0v) is 15.0. The quantitative estimate of drug-likeness (QED) is 0.773. The Morgan fingerprint density at radius 1 is 0.958 bits per heavy atom. The molecule has 24 heavy (non-hydrogen) atoms. The summed E-state index contributed by atoms with van der Waals surface area (Å²) in [6, 6.07) is 11.2. The molecule has 0 atom stereocenters. The van der Waals surface area contributed by atoms with Gasteiger partial charge in [-0.25, -0.2) is 0 Å². The van der Waals surface area contributed by atoms with E-state index in [0.29, 0.717) is 22.9 Å². The van der Waals surface area contributed by atoms with Crippen LogP contribution in [-0.2, 0) is 4.79 Å². The smallest absolute Gasteiger partial charge is 0.234 e. The molecule has 2 rings (SSSR count). The van der Waals surface area contributed by atoms with Crippen LogP contribution in [0.2, 0.25) is 0 Å². The highest BCUT2D eigenvalue weighted by molar-refractivity contribution is 8.00. The number of thioether (sulfide) groups is 1. The molecule has 1 amide bonds. The minimum absolute atomic E-state index is 0.0984. The van der Waals surface area contributed by atoms with Crippen LogP contribution in [0.4, 0.5) is 5.69 Å². The topological polar surface area (TPSA) is 56.8 Å². The third kappa shape index (κ3) is 4.58. The largest absolute Gasteiger partial charge is 0.495 e. The summed E-state index contributed by atoms with van der Waals surface area (Å²) in [5.74, 6) is 2.13. The molecule has 0 radical (unpaired) electrons. The SMILES string of the molecule is COc1ccc(C)cc1NC(=O)CSc1ccc(OC)c(OC)c1. The van der Waals surface area contributed by atoms with Crippen LogP contribution in [0.5, 0.6) is 17.2 Å². The number of amides is 1. The predicted octanol–water partition coefficient (Wildman–Crippen LogP) is 3.75. The maximum Gasteiger partial charge on any atom is 0.234 e. The van der Waals surface area contributed by atoms with Gasteiger partial charge in [-0.05, 0) is 42.8 Å². The Hall–Kier alpha value is -2.34. The maximum absolute atomic E-state index is 12.2. The first-order valence-corrected chi connectivity index (χ1v) is 8.35. The minimum atomic E-state index is -0.0984. The zero-order chi connectivity index (χ0) is 17.5. The lowest BCUT2D eigenvalue weighted by Crippen LogP contribution is -2.14. The first-order valence-electron chi connectivity index (χ1n) is 7.36. The van der Waals surface area contributed by atoms with Gasteiger partial charge in [-0.15, -0.1) is 11.8 Å². The molecule has 6 heteroatoms. The second kappa shape index (κ2) is 8.49. The third-order valence-corrected chi connectivity index (χ3v) is 4.35. The van der Waals surface area contributed by atoms with Crippen LogP contribution >= 0.6 is 11.8 Å². The van der Waals surface area contributed by atoms with Gasteiger partial charge in [-0.1, -0.05) is 6.07 Å². The van der Waals surface area contributed by atoms with Crippen molar-refractivity contribution in [3.8, 4) is 17.2 Å². The number of methoxy groups -OCH3 is 3. The molecule has 2 aromatic carbocycles. The molecule has 128 valence electrons. The van der Waals surface area contributed by atoms with Crippen LogP contribution in [0.1, 0.15) is 5.56 Å². The Kier molecular flexibility index (Phi) is 6.37. The minimum Gasteiger partial charge on any atom is -0.495 e. The number of aryl methyl sites for hydroxylation is 1. The van der Waals surface area contributed by atoms with E-state index < -0.39 is 0 Å². The van der Waals surface area contributed by atoms with E-state index in [1.807, 2.05) is 43.3 Å². The van der Waals surface area contributed by atoms with Crippen molar-refractivity contribution in [3.63, 3.8) is 0 Å². The van der Waals surface area contributed by atoms with Gasteiger partial charge in [0.05, 0.1) is 32.8 Å². The normalized spacial score (nSPS) is 10.2. The molecule has 1 N–H and O–H groups in total. The molecule has 0 saturated heterocycles. The van der Waals surface area contributed by atoms with Crippen LogP contribution in [0.3, 0.4) is 0 Å². The molecule has 0 aromatic heterocycles. The van der Waals surface area contributed by atoms with Gasteiger partial charge in [0.2, 0.25) is 5.91 Å². The lowest BCUT2D eigenvalue weighted by atomic mass is 10.2. The Balaban J connectivity index is 2.00. The van der Waals surface area contributed by atoms with E-state index in [0.717, 1.165) is 10.5 Å². The van der Waals surface area contributed by atoms with Crippen molar-refractivity contribution >= 4 is 23.4 Å². The first-order chi connectivity index (χ1) is 11.6. The molecule has 0 saturated carbocycles. The van der Waals surface area contributed by atoms with Gasteiger partial charge in [0, 0.05) is 4.90 Å². The monoisotopic (exact) mass is 347 g/mol. The Morgan fingerprint density at radius 2 is 1.62 bits per heavy atom. The highest BCUT2D eigenvalue weighted by Crippen LogP contribution is 2.32. The standard InChI is InChI=1S/C18H21NO4S/c1-12-5-7-15(21-2)14(9-12)19-18(20)11-24-13-6-8-16(22-3)17(10-13)23-4/h5-10H,11H2,1-4H3,(H,19,20). The van der Waals surface area contributed by atoms with E-state index in [9.17, 15) is 4.79 Å². The highest BCUT2D eigenvalue weighted by atomic mass is 32.2. The van der Waals surface area contributed by atoms with Crippen molar-refractivity contribution in [2.45, 2.75) is 11.8 Å². The molecule has 0 aliphatic rings. The fourth-order valence-corrected chi connectivity index (χ4v) is 2.89. The fourth-order valence-electron chi connectivity index (χ4n) is 2.16. The molecule has 0 unspecified atom stereocenters. The molecule has 0 bridgehead atoms. The second-order valence-corrected chi connectivity index (χ2v) is 6.11. The summed E-state index contributed by atoms with van der Waals surface area (Å²) >= 11 is 1.43. The van der Waals surface area contributed by atoms with Crippen LogP contribution < -0.4 is 19.5 Å². The van der Waals surface area contributed by atoms with Gasteiger partial charge >= 0.3 is 0 Å². The van der Waals surface area contributed by atoms with E-state index in [1.165, 1.54) is 11.8 Å². The molecule has 0 fully saturated rings. The van der Waals surface area contributed by atoms with E-state index >= 15 is 0 Å². The number of hydrogen-bond donors (Lipinski definition) is 1. The van der Waals surface area contributed by atoms with Gasteiger partial charge in [0.1, 0.15) is 5.75 Å². The molecule has 0 spiro atoms. The average Bonchev–Trinajstić information content (AvgIpc) is 2.59. The van der Waals surface area contributed by atoms with Gasteiger partial charge in [0.15, 0.2) is 11.5 Å². The Bertz CT molecular complexity index is 718. The second-order valence-electron chi connectivity index (χ2n) is 5.06. The van der Waals surface area contributed by atoms with E-state index in [4.69, 9.17) is 14.2 Å². The van der Waals surface area contributed by atoms with E-state index in [2.05, 4.69) is 5.32 Å². The van der Waals surface area contributed by atoms with Crippen LogP contribution in [0, 0.1) is 6.92 Å². The highest BCUT2D eigenvalue weighted by Gasteiger charge is 2.10. The summed E-state index contributed by atoms with van der Waals surface area (Å²) in [6.07, 6.45) is 0. The molecule has 5 nitrogen and oxygen atoms in total. The molecule has 2 aromatic rings. The number of nitrogens with one attached hydrogen (secondary N) is 1. The van der Waals surface area contributed by atoms with Gasteiger partial charge < -0.3 is 19.5 Å². The third-order valence-electron chi connectivity index (χ3n) is 3.35. The van der Waals surface area contributed by atoms with Crippen molar-refractivity contribution in [1.29, 1.82) is 0 Å². The summed E-state index contributed by atoms with van der Waals surface area (Å²) in [5, 5.41) is 2.88. The van der Waals surface area contributed by atoms with Gasteiger partial charge in [0.25, 0.3) is 0 Å². The van der Waals surface area contributed by atoms with E-state index in [1.54, 1.807) is 21.3 Å². The lowest BCUT2D eigenvalue weighted by molar-refractivity contribution is -0.113. The number of hydrogen-bond acceptors (Lipinski definition) is 5.